The molecule has 0 spiro atoms. The zero-order valence-electron chi connectivity index (χ0n) is 13.9. The Hall–Kier alpha value is -2.54. The van der Waals surface area contributed by atoms with Crippen LogP contribution in [0.15, 0.2) is 66.8 Å². The average molecular weight is 315 g/mol. The molecule has 122 valence electrons. The molecule has 1 N–H and O–H groups in total. The van der Waals surface area contributed by atoms with E-state index in [0.29, 0.717) is 0 Å². The van der Waals surface area contributed by atoms with Gasteiger partial charge in [0.2, 0.25) is 0 Å². The van der Waals surface area contributed by atoms with Crippen molar-refractivity contribution in [2.24, 2.45) is 0 Å². The molecule has 1 heterocycles. The van der Waals surface area contributed by atoms with Gasteiger partial charge in [0, 0.05) is 27.2 Å². The zero-order chi connectivity index (χ0) is 16.2. The fourth-order valence-corrected chi connectivity index (χ4v) is 3.99. The number of allylic oxidation sites excluding steroid dienone is 5. The van der Waals surface area contributed by atoms with Gasteiger partial charge in [-0.3, -0.25) is 0 Å². The normalized spacial score (nSPS) is 19.0. The first-order chi connectivity index (χ1) is 11.1. The Bertz CT molecular complexity index is 1010. The van der Waals surface area contributed by atoms with Crippen molar-refractivity contribution >= 4 is 27.4 Å². The van der Waals surface area contributed by atoms with Gasteiger partial charge in [0.05, 0.1) is 0 Å². The Balaban J connectivity index is 0.00000169. The lowest BCUT2D eigenvalue weighted by Gasteiger charge is -2.21. The van der Waals surface area contributed by atoms with E-state index in [4.69, 9.17) is 0 Å². The molecule has 0 saturated carbocycles. The third-order valence-corrected chi connectivity index (χ3v) is 5.14. The summed E-state index contributed by atoms with van der Waals surface area (Å²) in [6.45, 7) is 10.6. The van der Waals surface area contributed by atoms with Crippen LogP contribution in [-0.2, 0) is 5.41 Å². The molecule has 24 heavy (non-hydrogen) atoms. The maximum absolute atomic E-state index is 3.90. The van der Waals surface area contributed by atoms with Crippen molar-refractivity contribution in [3.63, 3.8) is 0 Å². The number of aromatic amines is 1. The number of hydrogen-bond donors (Lipinski definition) is 1. The van der Waals surface area contributed by atoms with Crippen molar-refractivity contribution in [2.45, 2.75) is 33.6 Å². The predicted molar refractivity (Wildman–Crippen MR) is 107 cm³/mol. The van der Waals surface area contributed by atoms with Crippen LogP contribution in [0.1, 0.15) is 39.3 Å². The van der Waals surface area contributed by atoms with Crippen molar-refractivity contribution in [2.75, 3.05) is 0 Å². The van der Waals surface area contributed by atoms with Gasteiger partial charge >= 0.3 is 0 Å². The lowest BCUT2D eigenvalue weighted by molar-refractivity contribution is 0.661. The van der Waals surface area contributed by atoms with Crippen LogP contribution in [0.2, 0.25) is 0 Å². The summed E-state index contributed by atoms with van der Waals surface area (Å²) in [6, 6.07) is 13.2. The number of para-hydroxylation sites is 1. The van der Waals surface area contributed by atoms with Crippen LogP contribution in [0.3, 0.4) is 0 Å². The second-order valence-corrected chi connectivity index (χ2v) is 6.76. The Kier molecular flexibility index (Phi) is 3.76. The number of rotatable bonds is 1. The molecule has 0 atom stereocenters. The van der Waals surface area contributed by atoms with Gasteiger partial charge in [0.15, 0.2) is 0 Å². The van der Waals surface area contributed by atoms with E-state index in [2.05, 4.69) is 80.9 Å². The average Bonchev–Trinajstić information content (AvgIpc) is 3.00. The highest BCUT2D eigenvalue weighted by molar-refractivity contribution is 6.09. The molecule has 4 rings (SSSR count). The fraction of sp³-hybridized carbons (Fsp3) is 0.217. The second-order valence-electron chi connectivity index (χ2n) is 6.76. The first-order valence-electron chi connectivity index (χ1n) is 8.13. The number of aromatic nitrogens is 1. The smallest absolute Gasteiger partial charge is 0.0468 e. The molecular formula is C23H25N. The molecule has 0 unspecified atom stereocenters. The van der Waals surface area contributed by atoms with Gasteiger partial charge < -0.3 is 4.98 Å². The number of H-pyrrole nitrogens is 1. The zero-order valence-corrected chi connectivity index (χ0v) is 13.9. The van der Waals surface area contributed by atoms with Gasteiger partial charge in [-0.05, 0) is 47.4 Å². The third-order valence-electron chi connectivity index (χ3n) is 5.14. The number of fused-ring (bicyclic) bond motifs is 4. The lowest BCUT2D eigenvalue weighted by Crippen LogP contribution is -2.15. The summed E-state index contributed by atoms with van der Waals surface area (Å²) in [6.07, 6.45) is 6.28. The van der Waals surface area contributed by atoms with E-state index in [0.717, 1.165) is 0 Å². The largest absolute Gasteiger partial charge is 0.355 e. The van der Waals surface area contributed by atoms with Gasteiger partial charge in [-0.25, -0.2) is 0 Å². The maximum atomic E-state index is 3.90. The number of hydrogen-bond acceptors (Lipinski definition) is 0. The molecule has 0 amide bonds. The van der Waals surface area contributed by atoms with Crippen LogP contribution in [-0.4, -0.2) is 4.98 Å². The van der Waals surface area contributed by atoms with Crippen LogP contribution in [0, 0.1) is 0 Å². The van der Waals surface area contributed by atoms with Crippen LogP contribution in [0.5, 0.6) is 0 Å². The molecule has 1 aromatic heterocycles. The standard InChI is InChI=1S/C22H21N.CH4/c1-5-9-18-14(6-2)16-12-17-15-10-7-8-11-20(15)23-21(17)13-19(16)22(18,3)4;/h5-13,23H,1H2,2-4H3;1H4/b14-6-,18-9+;. The van der Waals surface area contributed by atoms with E-state index in [1.54, 1.807) is 0 Å². The Morgan fingerprint density at radius 1 is 1.04 bits per heavy atom. The second kappa shape index (κ2) is 5.52. The molecule has 0 bridgehead atoms. The van der Waals surface area contributed by atoms with Crippen molar-refractivity contribution in [3.05, 3.63) is 77.9 Å². The molecular weight excluding hydrogens is 290 g/mol. The van der Waals surface area contributed by atoms with E-state index >= 15 is 0 Å². The van der Waals surface area contributed by atoms with Gasteiger partial charge in [-0.15, -0.1) is 0 Å². The van der Waals surface area contributed by atoms with Crippen molar-refractivity contribution in [1.82, 2.24) is 4.98 Å². The van der Waals surface area contributed by atoms with E-state index < -0.39 is 0 Å². The van der Waals surface area contributed by atoms with Gasteiger partial charge in [0.1, 0.15) is 0 Å². The predicted octanol–water partition coefficient (Wildman–Crippen LogP) is 6.76. The molecule has 1 aliphatic rings. The molecule has 1 heteroatoms. The van der Waals surface area contributed by atoms with Crippen LogP contribution >= 0.6 is 0 Å². The SMILES string of the molecule is C.C=C/C=C1\C(=C/C)c2cc3c(cc2C1(C)C)[nH]c1ccccc13. The summed E-state index contributed by atoms with van der Waals surface area (Å²) in [7, 11) is 0. The minimum atomic E-state index is -0.00312. The molecule has 2 aromatic carbocycles. The Labute approximate surface area is 144 Å². The van der Waals surface area contributed by atoms with Gasteiger partial charge in [-0.1, -0.05) is 64.3 Å². The minimum absolute atomic E-state index is 0. The maximum Gasteiger partial charge on any atom is 0.0468 e. The third kappa shape index (κ3) is 2.01. The summed E-state index contributed by atoms with van der Waals surface area (Å²) >= 11 is 0. The van der Waals surface area contributed by atoms with Crippen LogP contribution < -0.4 is 0 Å². The molecule has 3 aromatic rings. The Morgan fingerprint density at radius 2 is 1.79 bits per heavy atom. The van der Waals surface area contributed by atoms with E-state index in [-0.39, 0.29) is 12.8 Å². The van der Waals surface area contributed by atoms with Gasteiger partial charge in [-0.2, -0.15) is 0 Å². The first kappa shape index (κ1) is 16.3. The van der Waals surface area contributed by atoms with E-state index in [1.165, 1.54) is 44.1 Å². The van der Waals surface area contributed by atoms with Crippen LogP contribution in [0.4, 0.5) is 0 Å². The highest BCUT2D eigenvalue weighted by atomic mass is 14.7. The summed E-state index contributed by atoms with van der Waals surface area (Å²) in [5.41, 5.74) is 7.83. The first-order valence-corrected chi connectivity index (χ1v) is 8.13. The van der Waals surface area contributed by atoms with Crippen molar-refractivity contribution in [3.8, 4) is 0 Å². The van der Waals surface area contributed by atoms with Crippen LogP contribution in [0.25, 0.3) is 27.4 Å². The topological polar surface area (TPSA) is 15.8 Å². The highest BCUT2D eigenvalue weighted by Crippen LogP contribution is 2.51. The fourth-order valence-electron chi connectivity index (χ4n) is 3.99. The molecule has 0 radical (unpaired) electrons. The lowest BCUT2D eigenvalue weighted by atomic mass is 9.82. The Morgan fingerprint density at radius 3 is 2.50 bits per heavy atom. The number of benzene rings is 2. The quantitative estimate of drug-likeness (QED) is 0.510. The summed E-state index contributed by atoms with van der Waals surface area (Å²) < 4.78 is 0. The van der Waals surface area contributed by atoms with Gasteiger partial charge in [0.25, 0.3) is 0 Å². The molecule has 1 aliphatic carbocycles. The molecule has 0 aliphatic heterocycles. The molecule has 0 fully saturated rings. The summed E-state index contributed by atoms with van der Waals surface area (Å²) in [5.74, 6) is 0. The summed E-state index contributed by atoms with van der Waals surface area (Å²) in [5, 5.41) is 2.59. The minimum Gasteiger partial charge on any atom is -0.355 e. The van der Waals surface area contributed by atoms with E-state index in [9.17, 15) is 0 Å². The van der Waals surface area contributed by atoms with Crippen molar-refractivity contribution in [1.29, 1.82) is 0 Å². The monoisotopic (exact) mass is 315 g/mol. The number of nitrogens with one attached hydrogen (secondary N) is 1. The molecule has 1 nitrogen and oxygen atoms in total. The summed E-state index contributed by atoms with van der Waals surface area (Å²) in [4.78, 5) is 3.57. The van der Waals surface area contributed by atoms with Crippen molar-refractivity contribution < 1.29 is 0 Å². The van der Waals surface area contributed by atoms with E-state index in [1.807, 2.05) is 6.08 Å². The highest BCUT2D eigenvalue weighted by Gasteiger charge is 2.37. The molecule has 0 saturated heterocycles.